The van der Waals surface area contributed by atoms with Crippen molar-refractivity contribution < 1.29 is 13.9 Å². The summed E-state index contributed by atoms with van der Waals surface area (Å²) < 4.78 is 14.9. The highest BCUT2D eigenvalue weighted by molar-refractivity contribution is 9.10. The van der Waals surface area contributed by atoms with Crippen LogP contribution >= 0.6 is 15.9 Å². The Morgan fingerprint density at radius 3 is 2.62 bits per heavy atom. The first-order valence-electron chi connectivity index (χ1n) is 2.18. The van der Waals surface area contributed by atoms with Gasteiger partial charge in [0.15, 0.2) is 0 Å². The van der Waals surface area contributed by atoms with Crippen LogP contribution in [0.1, 0.15) is 6.42 Å². The minimum absolute atomic E-state index is 0.117. The molecule has 1 fully saturated rings. The fraction of sp³-hybridized carbons (Fsp3) is 0.750. The smallest absolute Gasteiger partial charge is 0.355 e. The predicted octanol–water partition coefficient (Wildman–Crippen LogP) is 0.994. The summed E-state index contributed by atoms with van der Waals surface area (Å²) in [7, 11) is 0. The van der Waals surface area contributed by atoms with Crippen molar-refractivity contribution in [3.8, 4) is 0 Å². The van der Waals surface area contributed by atoms with Gasteiger partial charge in [0.1, 0.15) is 0 Å². The molecule has 1 saturated heterocycles. The van der Waals surface area contributed by atoms with Crippen LogP contribution in [-0.2, 0) is 9.53 Å². The van der Waals surface area contributed by atoms with Crippen LogP contribution in [0, 0.1) is 0 Å². The van der Waals surface area contributed by atoms with Crippen LogP contribution < -0.4 is 0 Å². The zero-order chi connectivity index (χ0) is 6.20. The van der Waals surface area contributed by atoms with Crippen LogP contribution in [0.2, 0.25) is 0 Å². The third-order valence-corrected chi connectivity index (χ3v) is 1.67. The molecule has 1 unspecified atom stereocenters. The second kappa shape index (κ2) is 1.69. The Morgan fingerprint density at radius 1 is 1.88 bits per heavy atom. The molecule has 1 aliphatic rings. The number of alkyl halides is 2. The zero-order valence-electron chi connectivity index (χ0n) is 3.99. The summed E-state index contributed by atoms with van der Waals surface area (Å²) in [5.41, 5.74) is 0. The quantitative estimate of drug-likeness (QED) is 0.413. The normalized spacial score (nSPS) is 37.5. The fourth-order valence-electron chi connectivity index (χ4n) is 0.480. The van der Waals surface area contributed by atoms with Crippen molar-refractivity contribution in [3.05, 3.63) is 0 Å². The van der Waals surface area contributed by atoms with Crippen LogP contribution in [0.3, 0.4) is 0 Å². The van der Waals surface area contributed by atoms with E-state index >= 15 is 0 Å². The minimum Gasteiger partial charge on any atom is -0.462 e. The van der Waals surface area contributed by atoms with Gasteiger partial charge in [0.25, 0.3) is 4.58 Å². The lowest BCUT2D eigenvalue weighted by atomic mass is 10.3. The number of esters is 1. The first-order chi connectivity index (χ1) is 3.63. The van der Waals surface area contributed by atoms with E-state index in [1.165, 1.54) is 0 Å². The molecule has 0 saturated carbocycles. The van der Waals surface area contributed by atoms with Gasteiger partial charge >= 0.3 is 5.97 Å². The summed E-state index contributed by atoms with van der Waals surface area (Å²) in [5, 5.41) is 0. The van der Waals surface area contributed by atoms with Crippen LogP contribution in [0.15, 0.2) is 0 Å². The maximum absolute atomic E-state index is 12.4. The number of hydrogen-bond donors (Lipinski definition) is 0. The van der Waals surface area contributed by atoms with Gasteiger partial charge in [-0.25, -0.2) is 9.18 Å². The van der Waals surface area contributed by atoms with E-state index in [0.717, 1.165) is 0 Å². The molecule has 1 aliphatic heterocycles. The minimum atomic E-state index is -1.90. The molecule has 0 amide bonds. The number of halogens is 2. The number of rotatable bonds is 0. The summed E-state index contributed by atoms with van der Waals surface area (Å²) in [6, 6.07) is 0. The summed E-state index contributed by atoms with van der Waals surface area (Å²) in [5.74, 6) is -0.808. The average molecular weight is 183 g/mol. The molecule has 0 aromatic carbocycles. The van der Waals surface area contributed by atoms with Crippen molar-refractivity contribution in [3.63, 3.8) is 0 Å². The monoisotopic (exact) mass is 182 g/mol. The van der Waals surface area contributed by atoms with Crippen LogP contribution in [0.5, 0.6) is 0 Å². The molecule has 0 aromatic heterocycles. The molecule has 0 bridgehead atoms. The Bertz CT molecular complexity index is 123. The molecular formula is C4H4BrFO2. The van der Waals surface area contributed by atoms with Gasteiger partial charge in [0.05, 0.1) is 6.61 Å². The van der Waals surface area contributed by atoms with Crippen molar-refractivity contribution in [1.29, 1.82) is 0 Å². The third kappa shape index (κ3) is 0.844. The van der Waals surface area contributed by atoms with Gasteiger partial charge in [-0.15, -0.1) is 0 Å². The second-order valence-corrected chi connectivity index (χ2v) is 2.85. The topological polar surface area (TPSA) is 26.3 Å². The lowest BCUT2D eigenvalue weighted by molar-refractivity contribution is -0.143. The van der Waals surface area contributed by atoms with Crippen LogP contribution in [-0.4, -0.2) is 17.2 Å². The van der Waals surface area contributed by atoms with E-state index in [2.05, 4.69) is 20.7 Å². The maximum atomic E-state index is 12.4. The summed E-state index contributed by atoms with van der Waals surface area (Å²) >= 11 is 2.57. The summed E-state index contributed by atoms with van der Waals surface area (Å²) in [4.78, 5) is 10.3. The molecule has 0 aliphatic carbocycles. The zero-order valence-corrected chi connectivity index (χ0v) is 5.57. The molecule has 0 aromatic rings. The van der Waals surface area contributed by atoms with E-state index in [1.807, 2.05) is 0 Å². The van der Waals surface area contributed by atoms with Crippen LogP contribution in [0.25, 0.3) is 0 Å². The van der Waals surface area contributed by atoms with Gasteiger partial charge in [-0.2, -0.15) is 0 Å². The Morgan fingerprint density at radius 2 is 2.50 bits per heavy atom. The van der Waals surface area contributed by atoms with E-state index < -0.39 is 10.5 Å². The van der Waals surface area contributed by atoms with Gasteiger partial charge in [-0.3, -0.25) is 0 Å². The maximum Gasteiger partial charge on any atom is 0.355 e. The third-order valence-electron chi connectivity index (χ3n) is 0.948. The first kappa shape index (κ1) is 6.01. The molecule has 1 atom stereocenters. The number of cyclic esters (lactones) is 1. The van der Waals surface area contributed by atoms with Gasteiger partial charge < -0.3 is 4.74 Å². The van der Waals surface area contributed by atoms with Crippen LogP contribution in [0.4, 0.5) is 4.39 Å². The first-order valence-corrected chi connectivity index (χ1v) is 2.97. The SMILES string of the molecule is O=C1OCCC1(F)Br. The highest BCUT2D eigenvalue weighted by Crippen LogP contribution is 2.30. The molecule has 0 N–H and O–H groups in total. The molecule has 2 nitrogen and oxygen atoms in total. The second-order valence-electron chi connectivity index (χ2n) is 1.59. The number of carbonyl (C=O) groups is 1. The van der Waals surface area contributed by atoms with Gasteiger partial charge in [-0.1, -0.05) is 0 Å². The molecule has 0 radical (unpaired) electrons. The van der Waals surface area contributed by atoms with E-state index in [-0.39, 0.29) is 13.0 Å². The summed E-state index contributed by atoms with van der Waals surface area (Å²) in [6.07, 6.45) is 0.117. The van der Waals surface area contributed by atoms with Crippen molar-refractivity contribution in [2.75, 3.05) is 6.61 Å². The largest absolute Gasteiger partial charge is 0.462 e. The van der Waals surface area contributed by atoms with Gasteiger partial charge in [-0.05, 0) is 15.9 Å². The predicted molar refractivity (Wildman–Crippen MR) is 28.3 cm³/mol. The molecule has 8 heavy (non-hydrogen) atoms. The average Bonchev–Trinajstić information content (AvgIpc) is 1.86. The molecule has 0 spiro atoms. The Balaban J connectivity index is 2.68. The highest BCUT2D eigenvalue weighted by atomic mass is 79.9. The molecule has 46 valence electrons. The molecule has 4 heteroatoms. The number of ether oxygens (including phenoxy) is 1. The van der Waals surface area contributed by atoms with E-state index in [9.17, 15) is 9.18 Å². The van der Waals surface area contributed by atoms with Crippen molar-refractivity contribution in [2.24, 2.45) is 0 Å². The molecule has 1 rings (SSSR count). The Kier molecular flexibility index (Phi) is 1.27. The molecule has 1 heterocycles. The van der Waals surface area contributed by atoms with Gasteiger partial charge in [0.2, 0.25) is 0 Å². The number of hydrogen-bond acceptors (Lipinski definition) is 2. The van der Waals surface area contributed by atoms with Crippen molar-refractivity contribution >= 4 is 21.9 Å². The van der Waals surface area contributed by atoms with E-state index in [4.69, 9.17) is 0 Å². The standard InChI is InChI=1S/C4H4BrFO2/c5-4(6)1-2-8-3(4)7/h1-2H2. The Labute approximate surface area is 54.1 Å². The van der Waals surface area contributed by atoms with E-state index in [1.54, 1.807) is 0 Å². The summed E-state index contributed by atoms with van der Waals surface area (Å²) in [6.45, 7) is 0.181. The van der Waals surface area contributed by atoms with E-state index in [0.29, 0.717) is 0 Å². The number of carbonyl (C=O) groups excluding carboxylic acids is 1. The van der Waals surface area contributed by atoms with Crippen molar-refractivity contribution in [1.82, 2.24) is 0 Å². The van der Waals surface area contributed by atoms with Crippen molar-refractivity contribution in [2.45, 2.75) is 11.0 Å². The Hall–Kier alpha value is -0.120. The lowest BCUT2D eigenvalue weighted by Crippen LogP contribution is -2.19. The molecular weight excluding hydrogens is 179 g/mol. The van der Waals surface area contributed by atoms with Gasteiger partial charge in [0, 0.05) is 6.42 Å². The highest BCUT2D eigenvalue weighted by Gasteiger charge is 2.42. The fourth-order valence-corrected chi connectivity index (χ4v) is 0.756. The lowest BCUT2D eigenvalue weighted by Gasteiger charge is -2.00.